The first-order valence-electron chi connectivity index (χ1n) is 7.43. The summed E-state index contributed by atoms with van der Waals surface area (Å²) in [7, 11) is 1.37. The van der Waals surface area contributed by atoms with Crippen LogP contribution in [-0.2, 0) is 14.3 Å². The van der Waals surface area contributed by atoms with Crippen molar-refractivity contribution in [2.75, 3.05) is 39.9 Å². The van der Waals surface area contributed by atoms with Crippen molar-refractivity contribution in [2.45, 2.75) is 38.2 Å². The van der Waals surface area contributed by atoms with Crippen molar-refractivity contribution in [3.05, 3.63) is 0 Å². The Morgan fingerprint density at radius 1 is 1.10 bits per heavy atom. The molecule has 2 aliphatic heterocycles. The van der Waals surface area contributed by atoms with E-state index in [-0.39, 0.29) is 24.5 Å². The summed E-state index contributed by atoms with van der Waals surface area (Å²) < 4.78 is 10.2. The minimum Gasteiger partial charge on any atom is -0.469 e. The molecule has 2 saturated heterocycles. The van der Waals surface area contributed by atoms with Crippen LogP contribution in [0.3, 0.4) is 0 Å². The number of hydrogen-bond acceptors (Lipinski definition) is 4. The first-order chi connectivity index (χ1) is 9.70. The number of hydrogen-bond donors (Lipinski definition) is 0. The Hall–Kier alpha value is -1.30. The first-order valence-corrected chi connectivity index (χ1v) is 7.43. The minimum atomic E-state index is -0.293. The van der Waals surface area contributed by atoms with Crippen LogP contribution in [0.5, 0.6) is 0 Å². The van der Waals surface area contributed by atoms with E-state index >= 15 is 0 Å². The van der Waals surface area contributed by atoms with Crippen LogP contribution in [0.15, 0.2) is 0 Å². The van der Waals surface area contributed by atoms with Crippen molar-refractivity contribution in [1.29, 1.82) is 0 Å². The van der Waals surface area contributed by atoms with Crippen LogP contribution in [0.4, 0.5) is 4.79 Å². The molecule has 6 heteroatoms. The Bertz CT molecular complexity index is 340. The third-order valence-electron chi connectivity index (χ3n) is 3.91. The van der Waals surface area contributed by atoms with Gasteiger partial charge in [0.2, 0.25) is 0 Å². The molecule has 0 aromatic carbocycles. The highest BCUT2D eigenvalue weighted by atomic mass is 16.5. The van der Waals surface area contributed by atoms with E-state index < -0.39 is 0 Å². The number of rotatable bonds is 2. The third-order valence-corrected chi connectivity index (χ3v) is 3.91. The van der Waals surface area contributed by atoms with Crippen LogP contribution in [-0.4, -0.2) is 67.8 Å². The summed E-state index contributed by atoms with van der Waals surface area (Å²) in [5.41, 5.74) is 0. The maximum atomic E-state index is 12.5. The minimum absolute atomic E-state index is 0.0880. The molecule has 2 heterocycles. The monoisotopic (exact) mass is 284 g/mol. The second-order valence-corrected chi connectivity index (χ2v) is 5.40. The zero-order valence-electron chi connectivity index (χ0n) is 12.2. The van der Waals surface area contributed by atoms with Crippen LogP contribution >= 0.6 is 0 Å². The lowest BCUT2D eigenvalue weighted by Crippen LogP contribution is -2.51. The van der Waals surface area contributed by atoms with Gasteiger partial charge in [0.1, 0.15) is 0 Å². The van der Waals surface area contributed by atoms with Crippen LogP contribution in [0.2, 0.25) is 0 Å². The van der Waals surface area contributed by atoms with Gasteiger partial charge < -0.3 is 19.3 Å². The van der Waals surface area contributed by atoms with Gasteiger partial charge in [0.25, 0.3) is 0 Å². The number of methoxy groups -OCH3 is 1. The second-order valence-electron chi connectivity index (χ2n) is 5.40. The number of morpholine rings is 1. The third kappa shape index (κ3) is 4.10. The first kappa shape index (κ1) is 15.1. The second kappa shape index (κ2) is 7.47. The van der Waals surface area contributed by atoms with Crippen LogP contribution in [0, 0.1) is 0 Å². The molecule has 114 valence electrons. The summed E-state index contributed by atoms with van der Waals surface area (Å²) in [6, 6.07) is 0.0880. The average Bonchev–Trinajstić information content (AvgIpc) is 2.75. The van der Waals surface area contributed by atoms with E-state index in [1.165, 1.54) is 20.0 Å². The molecule has 2 rings (SSSR count). The molecule has 2 fully saturated rings. The summed E-state index contributed by atoms with van der Waals surface area (Å²) in [5.74, 6) is -0.293. The standard InChI is InChI=1S/C14H24N2O4/c1-19-13(17)10-12-11-16(8-9-20-12)14(18)15-6-4-2-3-5-7-15/h12H,2-11H2,1H3. The fourth-order valence-electron chi connectivity index (χ4n) is 2.75. The Morgan fingerprint density at radius 2 is 1.80 bits per heavy atom. The van der Waals surface area contributed by atoms with Gasteiger partial charge >= 0.3 is 12.0 Å². The molecule has 0 bridgehead atoms. The molecule has 0 aliphatic carbocycles. The molecular formula is C14H24N2O4. The van der Waals surface area contributed by atoms with E-state index in [1.54, 1.807) is 0 Å². The molecule has 1 atom stereocenters. The normalized spacial score (nSPS) is 24.1. The highest BCUT2D eigenvalue weighted by Gasteiger charge is 2.29. The number of likely N-dealkylation sites (tertiary alicyclic amines) is 1. The number of carbonyl (C=O) groups is 2. The zero-order chi connectivity index (χ0) is 14.4. The Kier molecular flexibility index (Phi) is 5.64. The lowest BCUT2D eigenvalue weighted by Gasteiger charge is -2.36. The highest BCUT2D eigenvalue weighted by molar-refractivity contribution is 5.75. The van der Waals surface area contributed by atoms with Crippen molar-refractivity contribution >= 4 is 12.0 Å². The average molecular weight is 284 g/mol. The number of ether oxygens (including phenoxy) is 2. The molecular weight excluding hydrogens is 260 g/mol. The molecule has 0 aromatic heterocycles. The van der Waals surface area contributed by atoms with Crippen molar-refractivity contribution in [3.8, 4) is 0 Å². The number of nitrogens with zero attached hydrogens (tertiary/aromatic N) is 2. The fourth-order valence-corrected chi connectivity index (χ4v) is 2.75. The zero-order valence-corrected chi connectivity index (χ0v) is 12.2. The number of urea groups is 1. The van der Waals surface area contributed by atoms with Gasteiger partial charge in [-0.2, -0.15) is 0 Å². The van der Waals surface area contributed by atoms with Crippen LogP contribution in [0.25, 0.3) is 0 Å². The molecule has 20 heavy (non-hydrogen) atoms. The van der Waals surface area contributed by atoms with Gasteiger partial charge in [-0.15, -0.1) is 0 Å². The van der Waals surface area contributed by atoms with Crippen molar-refractivity contribution in [3.63, 3.8) is 0 Å². The van der Waals surface area contributed by atoms with Crippen LogP contribution < -0.4 is 0 Å². The van der Waals surface area contributed by atoms with Crippen LogP contribution in [0.1, 0.15) is 32.1 Å². The Balaban J connectivity index is 1.87. The van der Waals surface area contributed by atoms with Gasteiger partial charge in [-0.05, 0) is 12.8 Å². The van der Waals surface area contributed by atoms with Crippen molar-refractivity contribution in [1.82, 2.24) is 9.80 Å². The SMILES string of the molecule is COC(=O)CC1CN(C(=O)N2CCCCCC2)CCO1. The lowest BCUT2D eigenvalue weighted by atomic mass is 10.2. The molecule has 0 N–H and O–H groups in total. The van der Waals surface area contributed by atoms with Gasteiger partial charge in [0.05, 0.1) is 26.2 Å². The predicted molar refractivity (Wildman–Crippen MR) is 73.4 cm³/mol. The molecule has 0 saturated carbocycles. The summed E-state index contributed by atoms with van der Waals surface area (Å²) in [4.78, 5) is 27.5. The van der Waals surface area contributed by atoms with Gasteiger partial charge in [-0.25, -0.2) is 4.79 Å². The van der Waals surface area contributed by atoms with E-state index in [0.717, 1.165) is 25.9 Å². The smallest absolute Gasteiger partial charge is 0.320 e. The lowest BCUT2D eigenvalue weighted by molar-refractivity contribution is -0.145. The molecule has 0 radical (unpaired) electrons. The summed E-state index contributed by atoms with van der Waals surface area (Å²) >= 11 is 0. The number of amides is 2. The topological polar surface area (TPSA) is 59.1 Å². The quantitative estimate of drug-likeness (QED) is 0.716. The van der Waals surface area contributed by atoms with E-state index in [1.807, 2.05) is 9.80 Å². The van der Waals surface area contributed by atoms with E-state index in [9.17, 15) is 9.59 Å². The van der Waals surface area contributed by atoms with Gasteiger partial charge in [0, 0.05) is 26.2 Å². The number of esters is 1. The van der Waals surface area contributed by atoms with Gasteiger partial charge in [0.15, 0.2) is 0 Å². The molecule has 0 aromatic rings. The predicted octanol–water partition coefficient (Wildman–Crippen LogP) is 1.25. The van der Waals surface area contributed by atoms with Crippen molar-refractivity contribution < 1.29 is 19.1 Å². The molecule has 6 nitrogen and oxygen atoms in total. The molecule has 2 amide bonds. The van der Waals surface area contributed by atoms with E-state index in [2.05, 4.69) is 4.74 Å². The highest BCUT2D eigenvalue weighted by Crippen LogP contribution is 2.15. The van der Waals surface area contributed by atoms with Gasteiger partial charge in [-0.1, -0.05) is 12.8 Å². The maximum absolute atomic E-state index is 12.5. The summed E-state index contributed by atoms with van der Waals surface area (Å²) in [6.07, 6.45) is 4.55. The maximum Gasteiger partial charge on any atom is 0.320 e. The molecule has 2 aliphatic rings. The fraction of sp³-hybridized carbons (Fsp3) is 0.857. The largest absolute Gasteiger partial charge is 0.469 e. The summed E-state index contributed by atoms with van der Waals surface area (Å²) in [6.45, 7) is 3.26. The summed E-state index contributed by atoms with van der Waals surface area (Å²) in [5, 5.41) is 0. The van der Waals surface area contributed by atoms with E-state index in [4.69, 9.17) is 4.74 Å². The Morgan fingerprint density at radius 3 is 2.45 bits per heavy atom. The molecule has 1 unspecified atom stereocenters. The van der Waals surface area contributed by atoms with Gasteiger partial charge in [-0.3, -0.25) is 4.79 Å². The molecule has 0 spiro atoms. The van der Waals surface area contributed by atoms with Crippen molar-refractivity contribution in [2.24, 2.45) is 0 Å². The Labute approximate surface area is 120 Å². The van der Waals surface area contributed by atoms with E-state index in [0.29, 0.717) is 19.7 Å². The number of carbonyl (C=O) groups excluding carboxylic acids is 2.